The molecule has 3 heteroatoms. The van der Waals surface area contributed by atoms with E-state index < -0.39 is 0 Å². The number of aromatic nitrogens is 2. The molecule has 1 N–H and O–H groups in total. The highest BCUT2D eigenvalue weighted by atomic mass is 15.3. The molecule has 1 saturated carbocycles. The Balaban J connectivity index is 1.78. The Morgan fingerprint density at radius 1 is 1.56 bits per heavy atom. The molecule has 0 radical (unpaired) electrons. The number of aryl methyl sites for hydroxylation is 1. The molecule has 1 heterocycles. The minimum atomic E-state index is 0.425. The molecule has 1 atom stereocenters. The van der Waals surface area contributed by atoms with E-state index in [0.29, 0.717) is 6.04 Å². The molecule has 0 amide bonds. The fourth-order valence-electron chi connectivity index (χ4n) is 2.34. The first-order valence-electron chi connectivity index (χ1n) is 6.40. The van der Waals surface area contributed by atoms with E-state index in [4.69, 9.17) is 0 Å². The van der Waals surface area contributed by atoms with Gasteiger partial charge < -0.3 is 5.32 Å². The van der Waals surface area contributed by atoms with Crippen molar-refractivity contribution >= 4 is 0 Å². The largest absolute Gasteiger partial charge is 0.310 e. The van der Waals surface area contributed by atoms with Gasteiger partial charge in [0.15, 0.2) is 0 Å². The Morgan fingerprint density at radius 3 is 2.81 bits per heavy atom. The van der Waals surface area contributed by atoms with Gasteiger partial charge in [-0.05, 0) is 32.7 Å². The number of hydrogen-bond donors (Lipinski definition) is 1. The van der Waals surface area contributed by atoms with Crippen molar-refractivity contribution in [2.75, 3.05) is 6.54 Å². The highest BCUT2D eigenvalue weighted by molar-refractivity contribution is 5.19. The quantitative estimate of drug-likeness (QED) is 0.828. The Kier molecular flexibility index (Phi) is 3.64. The van der Waals surface area contributed by atoms with Crippen LogP contribution in [0.15, 0.2) is 6.20 Å². The van der Waals surface area contributed by atoms with E-state index in [1.54, 1.807) is 0 Å². The molecule has 1 aliphatic carbocycles. The maximum absolute atomic E-state index is 4.28. The van der Waals surface area contributed by atoms with Crippen LogP contribution >= 0.6 is 0 Å². The van der Waals surface area contributed by atoms with Crippen LogP contribution in [-0.2, 0) is 7.05 Å². The molecule has 3 nitrogen and oxygen atoms in total. The summed E-state index contributed by atoms with van der Waals surface area (Å²) < 4.78 is 1.94. The summed E-state index contributed by atoms with van der Waals surface area (Å²) in [6.45, 7) is 5.50. The van der Waals surface area contributed by atoms with Crippen molar-refractivity contribution in [1.82, 2.24) is 15.1 Å². The van der Waals surface area contributed by atoms with Crippen molar-refractivity contribution in [1.29, 1.82) is 0 Å². The Morgan fingerprint density at radius 2 is 2.31 bits per heavy atom. The average Bonchev–Trinajstić information content (AvgIpc) is 2.52. The van der Waals surface area contributed by atoms with Crippen molar-refractivity contribution < 1.29 is 0 Å². The van der Waals surface area contributed by atoms with E-state index in [1.165, 1.54) is 36.9 Å². The standard InChI is InChI=1S/C13H23N3/c1-10(13-9-15-16(3)11(13)2)14-8-7-12-5-4-6-12/h9-10,12,14H,4-8H2,1-3H3. The summed E-state index contributed by atoms with van der Waals surface area (Å²) in [5.41, 5.74) is 2.60. The van der Waals surface area contributed by atoms with Crippen molar-refractivity contribution in [3.63, 3.8) is 0 Å². The summed E-state index contributed by atoms with van der Waals surface area (Å²) in [6, 6.07) is 0.425. The fourth-order valence-corrected chi connectivity index (χ4v) is 2.34. The van der Waals surface area contributed by atoms with Gasteiger partial charge in [0, 0.05) is 24.3 Å². The molecule has 1 aliphatic rings. The predicted octanol–water partition coefficient (Wildman–Crippen LogP) is 2.57. The first kappa shape index (κ1) is 11.6. The second kappa shape index (κ2) is 5.00. The van der Waals surface area contributed by atoms with Gasteiger partial charge in [-0.3, -0.25) is 4.68 Å². The number of nitrogens with zero attached hydrogens (tertiary/aromatic N) is 2. The average molecular weight is 221 g/mol. The zero-order valence-corrected chi connectivity index (χ0v) is 10.7. The Bertz CT molecular complexity index is 339. The second-order valence-corrected chi connectivity index (χ2v) is 5.07. The second-order valence-electron chi connectivity index (χ2n) is 5.07. The van der Waals surface area contributed by atoms with Gasteiger partial charge in [0.2, 0.25) is 0 Å². The lowest BCUT2D eigenvalue weighted by atomic mass is 9.83. The highest BCUT2D eigenvalue weighted by Crippen LogP contribution is 2.29. The van der Waals surface area contributed by atoms with Gasteiger partial charge in [-0.25, -0.2) is 0 Å². The molecule has 1 unspecified atom stereocenters. The maximum Gasteiger partial charge on any atom is 0.0540 e. The van der Waals surface area contributed by atoms with Gasteiger partial charge in [-0.2, -0.15) is 5.10 Å². The molecule has 1 fully saturated rings. The summed E-state index contributed by atoms with van der Waals surface area (Å²) in [5, 5.41) is 7.88. The van der Waals surface area contributed by atoms with Crippen LogP contribution < -0.4 is 5.32 Å². The SMILES string of the molecule is Cc1c(C(C)NCCC2CCC2)cnn1C. The van der Waals surface area contributed by atoms with Gasteiger partial charge in [-0.15, -0.1) is 0 Å². The lowest BCUT2D eigenvalue weighted by Gasteiger charge is -2.26. The molecule has 16 heavy (non-hydrogen) atoms. The van der Waals surface area contributed by atoms with Gasteiger partial charge in [0.25, 0.3) is 0 Å². The lowest BCUT2D eigenvalue weighted by Crippen LogP contribution is -2.24. The Labute approximate surface area is 98.2 Å². The third-order valence-corrected chi connectivity index (χ3v) is 3.97. The highest BCUT2D eigenvalue weighted by Gasteiger charge is 2.17. The topological polar surface area (TPSA) is 29.9 Å². The predicted molar refractivity (Wildman–Crippen MR) is 66.3 cm³/mol. The smallest absolute Gasteiger partial charge is 0.0540 e. The van der Waals surface area contributed by atoms with Crippen molar-refractivity contribution in [3.8, 4) is 0 Å². The van der Waals surface area contributed by atoms with E-state index >= 15 is 0 Å². The molecule has 0 bridgehead atoms. The van der Waals surface area contributed by atoms with E-state index in [-0.39, 0.29) is 0 Å². The van der Waals surface area contributed by atoms with Gasteiger partial charge >= 0.3 is 0 Å². The van der Waals surface area contributed by atoms with Crippen LogP contribution in [0, 0.1) is 12.8 Å². The molecule has 1 aromatic heterocycles. The zero-order valence-electron chi connectivity index (χ0n) is 10.7. The van der Waals surface area contributed by atoms with Crippen LogP contribution in [0.25, 0.3) is 0 Å². The molecular weight excluding hydrogens is 198 g/mol. The first-order chi connectivity index (χ1) is 7.68. The van der Waals surface area contributed by atoms with Gasteiger partial charge in [-0.1, -0.05) is 19.3 Å². The van der Waals surface area contributed by atoms with Crippen LogP contribution in [0.4, 0.5) is 0 Å². The third kappa shape index (κ3) is 2.46. The summed E-state index contributed by atoms with van der Waals surface area (Å²) >= 11 is 0. The van der Waals surface area contributed by atoms with Crippen molar-refractivity contribution in [3.05, 3.63) is 17.5 Å². The van der Waals surface area contributed by atoms with Crippen LogP contribution in [0.5, 0.6) is 0 Å². The molecule has 0 saturated heterocycles. The molecule has 2 rings (SSSR count). The summed E-state index contributed by atoms with van der Waals surface area (Å²) in [7, 11) is 2.00. The molecule has 0 spiro atoms. The summed E-state index contributed by atoms with van der Waals surface area (Å²) in [6.07, 6.45) is 7.66. The normalized spacial score (nSPS) is 18.4. The van der Waals surface area contributed by atoms with Gasteiger partial charge in [0.1, 0.15) is 0 Å². The number of rotatable bonds is 5. The minimum absolute atomic E-state index is 0.425. The van der Waals surface area contributed by atoms with Crippen molar-refractivity contribution in [2.24, 2.45) is 13.0 Å². The molecule has 90 valence electrons. The maximum atomic E-state index is 4.28. The van der Waals surface area contributed by atoms with Crippen LogP contribution in [0.3, 0.4) is 0 Å². The van der Waals surface area contributed by atoms with Gasteiger partial charge in [0.05, 0.1) is 6.20 Å². The molecule has 0 aromatic carbocycles. The zero-order chi connectivity index (χ0) is 11.5. The fraction of sp³-hybridized carbons (Fsp3) is 0.769. The summed E-state index contributed by atoms with van der Waals surface area (Å²) in [5.74, 6) is 0.995. The molecular formula is C13H23N3. The van der Waals surface area contributed by atoms with Crippen LogP contribution in [-0.4, -0.2) is 16.3 Å². The third-order valence-electron chi connectivity index (χ3n) is 3.97. The monoisotopic (exact) mass is 221 g/mol. The van der Waals surface area contributed by atoms with Crippen molar-refractivity contribution in [2.45, 2.75) is 45.6 Å². The van der Waals surface area contributed by atoms with Crippen LogP contribution in [0.2, 0.25) is 0 Å². The lowest BCUT2D eigenvalue weighted by molar-refractivity contribution is 0.288. The number of hydrogen-bond acceptors (Lipinski definition) is 2. The number of nitrogens with one attached hydrogen (secondary N) is 1. The van der Waals surface area contributed by atoms with Crippen LogP contribution in [0.1, 0.15) is 49.9 Å². The molecule has 1 aromatic rings. The Hall–Kier alpha value is -0.830. The van der Waals surface area contributed by atoms with E-state index in [1.807, 2.05) is 17.9 Å². The summed E-state index contributed by atoms with van der Waals surface area (Å²) in [4.78, 5) is 0. The van der Waals surface area contributed by atoms with E-state index in [2.05, 4.69) is 24.3 Å². The minimum Gasteiger partial charge on any atom is -0.310 e. The van der Waals surface area contributed by atoms with E-state index in [0.717, 1.165) is 12.5 Å². The molecule has 0 aliphatic heterocycles. The van der Waals surface area contributed by atoms with E-state index in [9.17, 15) is 0 Å². The first-order valence-corrected chi connectivity index (χ1v) is 6.40.